The van der Waals surface area contributed by atoms with Crippen LogP contribution in [0.25, 0.3) is 0 Å². The van der Waals surface area contributed by atoms with Crippen LogP contribution in [0.1, 0.15) is 23.6 Å². The third-order valence-electron chi connectivity index (χ3n) is 3.40. The van der Waals surface area contributed by atoms with Crippen molar-refractivity contribution in [1.82, 2.24) is 5.32 Å². The number of hydrogen-bond acceptors (Lipinski definition) is 4. The Morgan fingerprint density at radius 1 is 1.50 bits per heavy atom. The van der Waals surface area contributed by atoms with E-state index in [1.54, 1.807) is 17.8 Å². The van der Waals surface area contributed by atoms with Crippen molar-refractivity contribution in [3.8, 4) is 5.75 Å². The average Bonchev–Trinajstić information content (AvgIpc) is 2.81. The largest absolute Gasteiger partial charge is 0.508 e. The minimum Gasteiger partial charge on any atom is -0.508 e. The van der Waals surface area contributed by atoms with E-state index in [1.165, 1.54) is 0 Å². The van der Waals surface area contributed by atoms with Gasteiger partial charge in [-0.15, -0.1) is 11.8 Å². The van der Waals surface area contributed by atoms with Crippen LogP contribution in [0.2, 0.25) is 0 Å². The molecule has 2 atom stereocenters. The van der Waals surface area contributed by atoms with Crippen molar-refractivity contribution in [2.75, 3.05) is 12.8 Å². The molecule has 3 N–H and O–H groups in total. The number of phenols is 1. The maximum absolute atomic E-state index is 11.0. The summed E-state index contributed by atoms with van der Waals surface area (Å²) in [5.41, 5.74) is 1.84. The van der Waals surface area contributed by atoms with Gasteiger partial charge in [-0.05, 0) is 42.9 Å². The smallest absolute Gasteiger partial charge is 0.307 e. The van der Waals surface area contributed by atoms with Gasteiger partial charge in [-0.1, -0.05) is 0 Å². The maximum atomic E-state index is 11.0. The number of aromatic hydroxyl groups is 1. The monoisotopic (exact) mass is 267 g/mol. The summed E-state index contributed by atoms with van der Waals surface area (Å²) in [5.74, 6) is -0.830. The van der Waals surface area contributed by atoms with Crippen LogP contribution in [0.15, 0.2) is 17.0 Å². The fraction of sp³-hybridized carbons (Fsp3) is 0.462. The van der Waals surface area contributed by atoms with Crippen LogP contribution < -0.4 is 5.32 Å². The van der Waals surface area contributed by atoms with Crippen molar-refractivity contribution >= 4 is 17.7 Å². The van der Waals surface area contributed by atoms with Crippen LogP contribution in [-0.4, -0.2) is 29.0 Å². The van der Waals surface area contributed by atoms with Crippen LogP contribution >= 0.6 is 11.8 Å². The first-order chi connectivity index (χ1) is 8.52. The van der Waals surface area contributed by atoms with E-state index in [0.717, 1.165) is 16.0 Å². The number of carbonyl (C=O) groups is 1. The van der Waals surface area contributed by atoms with Gasteiger partial charge < -0.3 is 15.5 Å². The Balaban J connectivity index is 2.29. The molecule has 1 aromatic carbocycles. The molecule has 5 heteroatoms. The van der Waals surface area contributed by atoms with Crippen molar-refractivity contribution in [3.05, 3.63) is 23.3 Å². The van der Waals surface area contributed by atoms with Gasteiger partial charge in [-0.3, -0.25) is 4.79 Å². The molecule has 1 fully saturated rings. The quantitative estimate of drug-likeness (QED) is 0.732. The fourth-order valence-corrected chi connectivity index (χ4v) is 3.03. The molecule has 0 amide bonds. The summed E-state index contributed by atoms with van der Waals surface area (Å²) in [6.07, 6.45) is 2.56. The molecular formula is C13H17NO3S. The van der Waals surface area contributed by atoms with Crippen LogP contribution in [0, 0.1) is 12.8 Å². The number of aryl methyl sites for hydroxylation is 1. The van der Waals surface area contributed by atoms with Crippen LogP contribution in [-0.2, 0) is 4.79 Å². The third kappa shape index (κ3) is 2.47. The molecular weight excluding hydrogens is 250 g/mol. The van der Waals surface area contributed by atoms with Crippen molar-refractivity contribution in [1.29, 1.82) is 0 Å². The molecule has 98 valence electrons. The van der Waals surface area contributed by atoms with Crippen molar-refractivity contribution in [2.24, 2.45) is 5.92 Å². The van der Waals surface area contributed by atoms with E-state index >= 15 is 0 Å². The Morgan fingerprint density at radius 2 is 2.22 bits per heavy atom. The third-order valence-corrected chi connectivity index (χ3v) is 4.20. The number of carboxylic acids is 1. The van der Waals surface area contributed by atoms with E-state index in [1.807, 2.05) is 19.2 Å². The summed E-state index contributed by atoms with van der Waals surface area (Å²) >= 11 is 1.62. The first-order valence-electron chi connectivity index (χ1n) is 5.86. The van der Waals surface area contributed by atoms with Crippen LogP contribution in [0.3, 0.4) is 0 Å². The van der Waals surface area contributed by atoms with Crippen molar-refractivity contribution < 1.29 is 15.0 Å². The first-order valence-corrected chi connectivity index (χ1v) is 7.09. The molecule has 0 aromatic heterocycles. The number of rotatable bonds is 3. The second-order valence-corrected chi connectivity index (χ2v) is 5.46. The van der Waals surface area contributed by atoms with E-state index in [4.69, 9.17) is 5.11 Å². The van der Waals surface area contributed by atoms with Crippen LogP contribution in [0.5, 0.6) is 5.75 Å². The van der Waals surface area contributed by atoms with Gasteiger partial charge in [0.1, 0.15) is 5.75 Å². The molecule has 0 radical (unpaired) electrons. The molecule has 4 nitrogen and oxygen atoms in total. The summed E-state index contributed by atoms with van der Waals surface area (Å²) in [5, 5.41) is 22.0. The topological polar surface area (TPSA) is 69.6 Å². The lowest BCUT2D eigenvalue weighted by Crippen LogP contribution is -2.17. The number of thioether (sulfide) groups is 1. The highest BCUT2D eigenvalue weighted by molar-refractivity contribution is 7.98. The highest BCUT2D eigenvalue weighted by Gasteiger charge is 2.31. The van der Waals surface area contributed by atoms with Crippen molar-refractivity contribution in [3.63, 3.8) is 0 Å². The molecule has 1 aromatic rings. The highest BCUT2D eigenvalue weighted by Crippen LogP contribution is 2.36. The molecule has 2 rings (SSSR count). The zero-order valence-electron chi connectivity index (χ0n) is 10.4. The van der Waals surface area contributed by atoms with Gasteiger partial charge >= 0.3 is 5.97 Å². The van der Waals surface area contributed by atoms with Gasteiger partial charge in [0.15, 0.2) is 0 Å². The Kier molecular flexibility index (Phi) is 3.82. The standard InChI is InChI=1S/C13H17NO3S/c1-7-3-12(18-2)9(5-11(7)15)10-4-8(6-14-10)13(16)17/h3,5,8,10,14-15H,4,6H2,1-2H3,(H,16,17). The van der Waals surface area contributed by atoms with E-state index in [-0.39, 0.29) is 17.7 Å². The maximum Gasteiger partial charge on any atom is 0.307 e. The molecule has 1 heterocycles. The molecule has 0 bridgehead atoms. The van der Waals surface area contributed by atoms with Gasteiger partial charge in [0, 0.05) is 17.5 Å². The molecule has 1 saturated heterocycles. The number of benzene rings is 1. The lowest BCUT2D eigenvalue weighted by molar-refractivity contribution is -0.141. The number of nitrogens with one attached hydrogen (secondary N) is 1. The lowest BCUT2D eigenvalue weighted by atomic mass is 9.99. The molecule has 18 heavy (non-hydrogen) atoms. The Bertz CT molecular complexity index is 476. The number of carboxylic acid groups (broad SMARTS) is 1. The Morgan fingerprint density at radius 3 is 2.78 bits per heavy atom. The summed E-state index contributed by atoms with van der Waals surface area (Å²) in [7, 11) is 0. The summed E-state index contributed by atoms with van der Waals surface area (Å²) in [6, 6.07) is 3.72. The minimum absolute atomic E-state index is 0.0139. The van der Waals surface area contributed by atoms with E-state index in [0.29, 0.717) is 13.0 Å². The number of hydrogen-bond donors (Lipinski definition) is 3. The van der Waals surface area contributed by atoms with Gasteiger partial charge in [0.05, 0.1) is 5.92 Å². The normalized spacial score (nSPS) is 23.2. The summed E-state index contributed by atoms with van der Waals surface area (Å²) in [4.78, 5) is 12.1. The second-order valence-electron chi connectivity index (χ2n) is 4.61. The summed E-state index contributed by atoms with van der Waals surface area (Å²) < 4.78 is 0. The van der Waals surface area contributed by atoms with E-state index in [9.17, 15) is 9.90 Å². The predicted molar refractivity (Wildman–Crippen MR) is 71.1 cm³/mol. The van der Waals surface area contributed by atoms with Gasteiger partial charge in [0.25, 0.3) is 0 Å². The molecule has 0 spiro atoms. The van der Waals surface area contributed by atoms with E-state index < -0.39 is 5.97 Å². The van der Waals surface area contributed by atoms with Gasteiger partial charge in [0.2, 0.25) is 0 Å². The van der Waals surface area contributed by atoms with Gasteiger partial charge in [-0.25, -0.2) is 0 Å². The fourth-order valence-electron chi connectivity index (χ4n) is 2.30. The van der Waals surface area contributed by atoms with Crippen molar-refractivity contribution in [2.45, 2.75) is 24.3 Å². The van der Waals surface area contributed by atoms with Crippen LogP contribution in [0.4, 0.5) is 0 Å². The second kappa shape index (κ2) is 5.20. The highest BCUT2D eigenvalue weighted by atomic mass is 32.2. The molecule has 2 unspecified atom stereocenters. The van der Waals surface area contributed by atoms with E-state index in [2.05, 4.69) is 5.32 Å². The lowest BCUT2D eigenvalue weighted by Gasteiger charge is -2.16. The molecule has 1 aliphatic heterocycles. The SMILES string of the molecule is CSc1cc(C)c(O)cc1C1CC(C(=O)O)CN1. The minimum atomic E-state index is -0.757. The molecule has 0 saturated carbocycles. The number of phenolic OH excluding ortho intramolecular Hbond substituents is 1. The Labute approximate surface area is 110 Å². The molecule has 0 aliphatic carbocycles. The van der Waals surface area contributed by atoms with Gasteiger partial charge in [-0.2, -0.15) is 0 Å². The first kappa shape index (κ1) is 13.2. The summed E-state index contributed by atoms with van der Waals surface area (Å²) in [6.45, 7) is 2.35. The number of aliphatic carboxylic acids is 1. The Hall–Kier alpha value is -1.20. The molecule has 1 aliphatic rings. The average molecular weight is 267 g/mol. The predicted octanol–water partition coefficient (Wildman–Crippen LogP) is 2.16. The zero-order valence-corrected chi connectivity index (χ0v) is 11.3. The zero-order chi connectivity index (χ0) is 13.3.